The fourth-order valence-corrected chi connectivity index (χ4v) is 2.13. The van der Waals surface area contributed by atoms with E-state index in [9.17, 15) is 0 Å². The van der Waals surface area contributed by atoms with E-state index in [-0.39, 0.29) is 0 Å². The first-order valence-electron chi connectivity index (χ1n) is 4.80. The molecule has 0 saturated heterocycles. The lowest BCUT2D eigenvalue weighted by Crippen LogP contribution is -1.87. The molecule has 0 radical (unpaired) electrons. The van der Waals surface area contributed by atoms with Crippen LogP contribution < -0.4 is 4.74 Å². The summed E-state index contributed by atoms with van der Waals surface area (Å²) in [6.45, 7) is 2.15. The summed E-state index contributed by atoms with van der Waals surface area (Å²) in [6, 6.07) is 5.98. The van der Waals surface area contributed by atoms with Gasteiger partial charge in [-0.15, -0.1) is 0 Å². The fraction of sp³-hybridized carbons (Fsp3) is 0.333. The number of hydrogen-bond acceptors (Lipinski definition) is 1. The van der Waals surface area contributed by atoms with Crippen LogP contribution in [0.3, 0.4) is 0 Å². The van der Waals surface area contributed by atoms with Gasteiger partial charge < -0.3 is 4.74 Å². The molecule has 0 bridgehead atoms. The average molecular weight is 334 g/mol. The van der Waals surface area contributed by atoms with Crippen LogP contribution in [-0.4, -0.2) is 12.4 Å². The van der Waals surface area contributed by atoms with Crippen molar-refractivity contribution in [3.8, 4) is 5.75 Å². The molecule has 0 amide bonds. The van der Waals surface area contributed by atoms with E-state index in [1.807, 2.05) is 18.2 Å². The highest BCUT2D eigenvalue weighted by Crippen LogP contribution is 2.25. The molecule has 15 heavy (non-hydrogen) atoms. The zero-order valence-electron chi connectivity index (χ0n) is 8.89. The van der Waals surface area contributed by atoms with Gasteiger partial charge in [-0.2, -0.15) is 0 Å². The Morgan fingerprint density at radius 1 is 1.47 bits per heavy atom. The van der Waals surface area contributed by atoms with Gasteiger partial charge in [0.1, 0.15) is 5.75 Å². The van der Waals surface area contributed by atoms with Gasteiger partial charge in [0, 0.05) is 9.80 Å². The molecule has 3 heteroatoms. The van der Waals surface area contributed by atoms with Crippen LogP contribution in [0.1, 0.15) is 18.9 Å². The second-order valence-corrected chi connectivity index (χ2v) is 4.59. The molecule has 0 aliphatic heterocycles. The summed E-state index contributed by atoms with van der Waals surface area (Å²) in [5, 5.41) is 0.910. The number of allylic oxidation sites excluding steroid dienone is 1. The third-order valence-electron chi connectivity index (χ3n) is 2.19. The fourth-order valence-electron chi connectivity index (χ4n) is 1.21. The summed E-state index contributed by atoms with van der Waals surface area (Å²) < 4.78 is 6.29. The molecular weight excluding hydrogens is 320 g/mol. The van der Waals surface area contributed by atoms with Gasteiger partial charge in [0.25, 0.3) is 0 Å². The predicted molar refractivity (Wildman–Crippen MR) is 72.8 cm³/mol. The second-order valence-electron chi connectivity index (χ2n) is 3.18. The Labute approximate surface area is 108 Å². The number of methoxy groups -OCH3 is 1. The van der Waals surface area contributed by atoms with E-state index in [4.69, 9.17) is 4.74 Å². The zero-order valence-corrected chi connectivity index (χ0v) is 12.1. The minimum absolute atomic E-state index is 0.884. The van der Waals surface area contributed by atoms with Crippen LogP contribution in [0.2, 0.25) is 0 Å². The maximum Gasteiger partial charge on any atom is 0.119 e. The number of alkyl halides is 1. The largest absolute Gasteiger partial charge is 0.497 e. The lowest BCUT2D eigenvalue weighted by molar-refractivity contribution is 0.414. The Hall–Kier alpha value is -0.280. The van der Waals surface area contributed by atoms with Gasteiger partial charge in [0.2, 0.25) is 0 Å². The van der Waals surface area contributed by atoms with Crippen LogP contribution in [0.15, 0.2) is 28.2 Å². The van der Waals surface area contributed by atoms with Gasteiger partial charge in [-0.25, -0.2) is 0 Å². The smallest absolute Gasteiger partial charge is 0.119 e. The van der Waals surface area contributed by atoms with E-state index in [1.165, 1.54) is 5.57 Å². The van der Waals surface area contributed by atoms with E-state index < -0.39 is 0 Å². The van der Waals surface area contributed by atoms with Crippen molar-refractivity contribution < 1.29 is 4.74 Å². The maximum absolute atomic E-state index is 5.20. The molecule has 0 aliphatic carbocycles. The van der Waals surface area contributed by atoms with E-state index in [1.54, 1.807) is 7.11 Å². The maximum atomic E-state index is 5.20. The van der Waals surface area contributed by atoms with E-state index >= 15 is 0 Å². The molecule has 1 nitrogen and oxygen atoms in total. The highest BCUT2D eigenvalue weighted by Gasteiger charge is 2.00. The number of halogens is 2. The van der Waals surface area contributed by atoms with E-state index in [0.717, 1.165) is 27.5 Å². The molecule has 0 spiro atoms. The molecule has 0 aliphatic rings. The minimum Gasteiger partial charge on any atom is -0.497 e. The quantitative estimate of drug-likeness (QED) is 0.729. The van der Waals surface area contributed by atoms with Crippen LogP contribution >= 0.6 is 31.9 Å². The molecular formula is C12H14Br2O. The number of ether oxygens (including phenoxy) is 1. The summed E-state index contributed by atoms with van der Waals surface area (Å²) in [7, 11) is 1.68. The minimum atomic E-state index is 0.884. The van der Waals surface area contributed by atoms with E-state index in [2.05, 4.69) is 44.9 Å². The van der Waals surface area contributed by atoms with Crippen molar-refractivity contribution in [2.45, 2.75) is 13.3 Å². The molecule has 0 unspecified atom stereocenters. The summed E-state index contributed by atoms with van der Waals surface area (Å²) >= 11 is 7.01. The van der Waals surface area contributed by atoms with Crippen LogP contribution in [0.4, 0.5) is 0 Å². The first-order valence-corrected chi connectivity index (χ1v) is 6.71. The number of rotatable bonds is 4. The summed E-state index contributed by atoms with van der Waals surface area (Å²) in [5.41, 5.74) is 2.52. The molecule has 0 aromatic heterocycles. The van der Waals surface area contributed by atoms with Crippen molar-refractivity contribution in [3.05, 3.63) is 33.8 Å². The molecule has 1 aromatic carbocycles. The topological polar surface area (TPSA) is 9.23 Å². The second kappa shape index (κ2) is 6.33. The van der Waals surface area contributed by atoms with Crippen molar-refractivity contribution >= 4 is 37.9 Å². The Morgan fingerprint density at radius 2 is 2.20 bits per heavy atom. The van der Waals surface area contributed by atoms with Gasteiger partial charge in [-0.1, -0.05) is 50.4 Å². The van der Waals surface area contributed by atoms with Crippen LogP contribution in [-0.2, 0) is 0 Å². The predicted octanol–water partition coefficient (Wildman–Crippen LogP) is 4.65. The Kier molecular flexibility index (Phi) is 5.40. The van der Waals surface area contributed by atoms with Gasteiger partial charge in [-0.05, 0) is 30.2 Å². The first-order chi connectivity index (χ1) is 7.21. The summed E-state index contributed by atoms with van der Waals surface area (Å²) in [5.74, 6) is 0.884. The molecule has 82 valence electrons. The highest BCUT2D eigenvalue weighted by molar-refractivity contribution is 9.10. The average Bonchev–Trinajstić information content (AvgIpc) is 2.28. The molecule has 0 atom stereocenters. The third-order valence-corrected chi connectivity index (χ3v) is 3.63. The third kappa shape index (κ3) is 3.65. The van der Waals surface area contributed by atoms with Crippen molar-refractivity contribution in [2.75, 3.05) is 12.4 Å². The van der Waals surface area contributed by atoms with Crippen LogP contribution in [0.5, 0.6) is 5.75 Å². The Balaban J connectivity index is 3.06. The Bertz CT molecular complexity index is 353. The standard InChI is InChI=1S/C12H14Br2O/c1-3-9(8-13)6-10-7-11(15-2)4-5-12(10)14/h4-7H,3,8H2,1-2H3/b9-6-. The lowest BCUT2D eigenvalue weighted by Gasteiger charge is -2.05. The SMILES string of the molecule is CC/C(=C/c1cc(OC)ccc1Br)CBr. The molecule has 0 N–H and O–H groups in total. The van der Waals surface area contributed by atoms with E-state index in [0.29, 0.717) is 0 Å². The van der Waals surface area contributed by atoms with Crippen molar-refractivity contribution in [1.29, 1.82) is 0 Å². The Morgan fingerprint density at radius 3 is 2.73 bits per heavy atom. The van der Waals surface area contributed by atoms with Gasteiger partial charge in [-0.3, -0.25) is 0 Å². The molecule has 0 saturated carbocycles. The summed E-state index contributed by atoms with van der Waals surface area (Å²) in [6.07, 6.45) is 3.23. The normalized spacial score (nSPS) is 11.6. The van der Waals surface area contributed by atoms with Crippen LogP contribution in [0.25, 0.3) is 6.08 Å². The molecule has 0 fully saturated rings. The van der Waals surface area contributed by atoms with Crippen molar-refractivity contribution in [3.63, 3.8) is 0 Å². The van der Waals surface area contributed by atoms with Gasteiger partial charge >= 0.3 is 0 Å². The molecule has 1 rings (SSSR count). The van der Waals surface area contributed by atoms with Gasteiger partial charge in [0.15, 0.2) is 0 Å². The molecule has 0 heterocycles. The van der Waals surface area contributed by atoms with Crippen molar-refractivity contribution in [1.82, 2.24) is 0 Å². The van der Waals surface area contributed by atoms with Crippen LogP contribution in [0, 0.1) is 0 Å². The monoisotopic (exact) mass is 332 g/mol. The number of hydrogen-bond donors (Lipinski definition) is 0. The van der Waals surface area contributed by atoms with Gasteiger partial charge in [0.05, 0.1) is 7.11 Å². The lowest BCUT2D eigenvalue weighted by atomic mass is 10.1. The zero-order chi connectivity index (χ0) is 11.3. The number of benzene rings is 1. The van der Waals surface area contributed by atoms with Crippen molar-refractivity contribution in [2.24, 2.45) is 0 Å². The first kappa shape index (κ1) is 12.8. The summed E-state index contributed by atoms with van der Waals surface area (Å²) in [4.78, 5) is 0. The molecule has 1 aromatic rings. The highest BCUT2D eigenvalue weighted by atomic mass is 79.9.